The van der Waals surface area contributed by atoms with Gasteiger partial charge in [-0.1, -0.05) is 23.6 Å². The van der Waals surface area contributed by atoms with E-state index in [1.807, 2.05) is 0 Å². The number of nitrogens with two attached hydrogens (primary N) is 2. The smallest absolute Gasteiger partial charge is 0.240 e. The molecule has 156 valence electrons. The van der Waals surface area contributed by atoms with E-state index in [1.165, 1.54) is 23.9 Å². The number of aliphatic hydroxyl groups is 1. The maximum absolute atomic E-state index is 12.3. The van der Waals surface area contributed by atoms with E-state index in [9.17, 15) is 8.42 Å². The molecule has 0 radical (unpaired) electrons. The van der Waals surface area contributed by atoms with Crippen LogP contribution in [0, 0.1) is 12.3 Å². The van der Waals surface area contributed by atoms with Gasteiger partial charge in [0, 0.05) is 30.4 Å². The molecule has 3 rings (SSSR count). The number of sulfonamides is 1. The number of hydrogen-bond acceptors (Lipinski definition) is 7. The second kappa shape index (κ2) is 9.04. The zero-order valence-corrected chi connectivity index (χ0v) is 17.0. The third-order valence-electron chi connectivity index (χ3n) is 4.31. The normalized spacial score (nSPS) is 13.7. The van der Waals surface area contributed by atoms with Gasteiger partial charge in [0.05, 0.1) is 17.1 Å². The van der Waals surface area contributed by atoms with Crippen molar-refractivity contribution in [1.29, 1.82) is 0 Å². The summed E-state index contributed by atoms with van der Waals surface area (Å²) in [5.74, 6) is 3.19. The van der Waals surface area contributed by atoms with Gasteiger partial charge in [-0.05, 0) is 25.0 Å². The average Bonchev–Trinajstić information content (AvgIpc) is 3.58. The molecule has 0 bridgehead atoms. The Morgan fingerprint density at radius 2 is 2.10 bits per heavy atom. The standard InChI is InChI=1S/C20H22N6O3S/c1-2-13-12-23-19(26-20(13)25-18(22)11-17(21)14-6-7-14)15-4-3-5-16(10-15)30(28,29)24-8-9-27/h1,3-5,10,12,24,27H,6-9,11,21H2,(H2,22,23,25,26). The molecule has 2 aromatic rings. The molecule has 0 unspecified atom stereocenters. The molecule has 1 fully saturated rings. The Kier molecular flexibility index (Phi) is 6.47. The Morgan fingerprint density at radius 3 is 2.77 bits per heavy atom. The van der Waals surface area contributed by atoms with Crippen molar-refractivity contribution >= 4 is 21.7 Å². The van der Waals surface area contributed by atoms with Crippen LogP contribution < -0.4 is 16.2 Å². The van der Waals surface area contributed by atoms with Gasteiger partial charge in [-0.3, -0.25) is 0 Å². The number of allylic oxidation sites excluding steroid dienone is 1. The lowest BCUT2D eigenvalue weighted by molar-refractivity contribution is 0.301. The van der Waals surface area contributed by atoms with E-state index in [0.29, 0.717) is 23.2 Å². The summed E-state index contributed by atoms with van der Waals surface area (Å²) in [6.45, 7) is -0.392. The maximum Gasteiger partial charge on any atom is 0.240 e. The molecule has 10 heteroatoms. The molecule has 0 spiro atoms. The van der Waals surface area contributed by atoms with Crippen molar-refractivity contribution in [3.8, 4) is 23.7 Å². The van der Waals surface area contributed by atoms with Crippen molar-refractivity contribution in [2.45, 2.75) is 24.2 Å². The van der Waals surface area contributed by atoms with Crippen molar-refractivity contribution in [2.24, 2.45) is 16.5 Å². The summed E-state index contributed by atoms with van der Waals surface area (Å²) >= 11 is 0. The highest BCUT2D eigenvalue weighted by Crippen LogP contribution is 2.31. The zero-order chi connectivity index (χ0) is 21.7. The summed E-state index contributed by atoms with van der Waals surface area (Å²) in [4.78, 5) is 12.9. The van der Waals surface area contributed by atoms with E-state index in [-0.39, 0.29) is 35.5 Å². The van der Waals surface area contributed by atoms with E-state index in [1.54, 1.807) is 12.1 Å². The van der Waals surface area contributed by atoms with Gasteiger partial charge < -0.3 is 16.6 Å². The van der Waals surface area contributed by atoms with Crippen LogP contribution in [-0.2, 0) is 10.0 Å². The number of nitrogens with zero attached hydrogens (tertiary/aromatic N) is 3. The van der Waals surface area contributed by atoms with E-state index in [0.717, 1.165) is 12.8 Å². The van der Waals surface area contributed by atoms with Crippen LogP contribution in [0.4, 0.5) is 5.82 Å². The third kappa shape index (κ3) is 5.21. The highest BCUT2D eigenvalue weighted by molar-refractivity contribution is 7.89. The molecule has 1 saturated carbocycles. The lowest BCUT2D eigenvalue weighted by Crippen LogP contribution is -2.26. The average molecular weight is 427 g/mol. The predicted molar refractivity (Wildman–Crippen MR) is 114 cm³/mol. The first-order valence-electron chi connectivity index (χ1n) is 9.18. The number of benzene rings is 1. The number of nitrogens with one attached hydrogen (secondary N) is 1. The Hall–Kier alpha value is -3.26. The Morgan fingerprint density at radius 1 is 1.33 bits per heavy atom. The van der Waals surface area contributed by atoms with E-state index in [4.69, 9.17) is 23.0 Å². The van der Waals surface area contributed by atoms with Gasteiger partial charge in [-0.15, -0.1) is 6.42 Å². The van der Waals surface area contributed by atoms with Crippen LogP contribution >= 0.6 is 0 Å². The first-order valence-corrected chi connectivity index (χ1v) is 10.7. The fraction of sp³-hybridized carbons (Fsp3) is 0.250. The summed E-state index contributed by atoms with van der Waals surface area (Å²) in [5.41, 5.74) is 14.7. The summed E-state index contributed by atoms with van der Waals surface area (Å²) in [6.07, 6.45) is 9.25. The Bertz CT molecular complexity index is 1160. The quantitative estimate of drug-likeness (QED) is 0.276. The van der Waals surface area contributed by atoms with Crippen LogP contribution in [0.25, 0.3) is 11.4 Å². The van der Waals surface area contributed by atoms with E-state index >= 15 is 0 Å². The van der Waals surface area contributed by atoms with Gasteiger partial charge in [0.1, 0.15) is 5.84 Å². The van der Waals surface area contributed by atoms with Gasteiger partial charge >= 0.3 is 0 Å². The number of rotatable bonds is 8. The van der Waals surface area contributed by atoms with Gasteiger partial charge in [0.2, 0.25) is 10.0 Å². The number of hydrogen-bond donors (Lipinski definition) is 4. The zero-order valence-electron chi connectivity index (χ0n) is 16.2. The number of terminal acetylenes is 1. The van der Waals surface area contributed by atoms with Crippen LogP contribution in [0.2, 0.25) is 0 Å². The minimum Gasteiger partial charge on any atom is -0.402 e. The van der Waals surface area contributed by atoms with Crippen LogP contribution in [0.3, 0.4) is 0 Å². The van der Waals surface area contributed by atoms with Crippen molar-refractivity contribution in [3.05, 3.63) is 47.3 Å². The summed E-state index contributed by atoms with van der Waals surface area (Å²) in [7, 11) is -3.78. The number of aliphatic imine (C=N–C) groups is 1. The second-order valence-corrected chi connectivity index (χ2v) is 8.40. The predicted octanol–water partition coefficient (Wildman–Crippen LogP) is 0.781. The first-order chi connectivity index (χ1) is 14.3. The number of aromatic nitrogens is 2. The first kappa shape index (κ1) is 21.4. The molecular weight excluding hydrogens is 404 g/mol. The molecule has 0 saturated heterocycles. The Balaban J connectivity index is 1.94. The number of amidine groups is 1. The number of aliphatic hydroxyl groups excluding tert-OH is 1. The van der Waals surface area contributed by atoms with Crippen LogP contribution in [-0.4, -0.2) is 42.5 Å². The van der Waals surface area contributed by atoms with E-state index in [2.05, 4.69) is 25.6 Å². The Labute approximate surface area is 175 Å². The highest BCUT2D eigenvalue weighted by Gasteiger charge is 2.17. The van der Waals surface area contributed by atoms with Gasteiger partial charge in [0.15, 0.2) is 11.6 Å². The van der Waals surface area contributed by atoms with Crippen molar-refractivity contribution < 1.29 is 13.5 Å². The SMILES string of the molecule is C#Cc1cnc(-c2cccc(S(=O)(=O)NCCO)c2)nc1N=C(N)CC(N)=C1CC1. The topological polar surface area (TPSA) is 157 Å². The minimum absolute atomic E-state index is 0.0199. The molecule has 30 heavy (non-hydrogen) atoms. The molecule has 1 heterocycles. The van der Waals surface area contributed by atoms with Crippen molar-refractivity contribution in [1.82, 2.24) is 14.7 Å². The molecule has 6 N–H and O–H groups in total. The van der Waals surface area contributed by atoms with Crippen LogP contribution in [0.1, 0.15) is 24.8 Å². The second-order valence-electron chi connectivity index (χ2n) is 6.63. The molecule has 9 nitrogen and oxygen atoms in total. The van der Waals surface area contributed by atoms with Crippen LogP contribution in [0.15, 0.2) is 51.6 Å². The van der Waals surface area contributed by atoms with Crippen molar-refractivity contribution in [3.63, 3.8) is 0 Å². The maximum atomic E-state index is 12.3. The van der Waals surface area contributed by atoms with Gasteiger partial charge in [-0.2, -0.15) is 0 Å². The molecule has 1 aliphatic carbocycles. The fourth-order valence-electron chi connectivity index (χ4n) is 2.64. The van der Waals surface area contributed by atoms with E-state index < -0.39 is 10.0 Å². The molecule has 0 atom stereocenters. The molecular formula is C20H22N6O3S. The lowest BCUT2D eigenvalue weighted by Gasteiger charge is -2.08. The largest absolute Gasteiger partial charge is 0.402 e. The van der Waals surface area contributed by atoms with Crippen LogP contribution in [0.5, 0.6) is 0 Å². The van der Waals surface area contributed by atoms with Crippen molar-refractivity contribution in [2.75, 3.05) is 13.2 Å². The summed E-state index contributed by atoms with van der Waals surface area (Å²) in [5, 5.41) is 8.85. The summed E-state index contributed by atoms with van der Waals surface area (Å²) < 4.78 is 26.9. The fourth-order valence-corrected chi connectivity index (χ4v) is 3.71. The molecule has 0 aliphatic heterocycles. The van der Waals surface area contributed by atoms with Gasteiger partial charge in [0.25, 0.3) is 0 Å². The minimum atomic E-state index is -3.78. The highest BCUT2D eigenvalue weighted by atomic mass is 32.2. The molecule has 0 amide bonds. The molecule has 1 aromatic heterocycles. The summed E-state index contributed by atoms with van der Waals surface area (Å²) in [6, 6.07) is 6.10. The molecule has 1 aliphatic rings. The third-order valence-corrected chi connectivity index (χ3v) is 5.76. The monoisotopic (exact) mass is 426 g/mol. The molecule has 1 aromatic carbocycles. The lowest BCUT2D eigenvalue weighted by atomic mass is 10.2. The van der Waals surface area contributed by atoms with Gasteiger partial charge in [-0.25, -0.2) is 28.1 Å².